The molecule has 7 N–H and O–H groups in total. The van der Waals surface area contributed by atoms with Crippen molar-refractivity contribution in [2.24, 2.45) is 28.1 Å². The molecule has 3 heterocycles. The summed E-state index contributed by atoms with van der Waals surface area (Å²) in [6.45, 7) is 61.3. The maximum Gasteiger partial charge on any atom is 0.311 e. The zero-order valence-electron chi connectivity index (χ0n) is 93.8. The minimum absolute atomic E-state index is 0.0424. The van der Waals surface area contributed by atoms with Gasteiger partial charge in [-0.3, -0.25) is 33.8 Å². The monoisotopic (exact) mass is 1980 g/mol. The van der Waals surface area contributed by atoms with Gasteiger partial charge in [0.05, 0.1) is 28.1 Å². The Morgan fingerprint density at radius 2 is 0.528 bits per heavy atom. The average Bonchev–Trinajstić information content (AvgIpc) is 0.846. The molecule has 0 saturated carbocycles. The van der Waals surface area contributed by atoms with Crippen LogP contribution in [-0.2, 0) is 47.7 Å². The number of likely N-dealkylation sites (tertiary alicyclic amines) is 1. The molecule has 3 fully saturated rings. The Labute approximate surface area is 862 Å². The predicted octanol–water partition coefficient (Wildman–Crippen LogP) is 21.7. The van der Waals surface area contributed by atoms with E-state index in [0.29, 0.717) is 91.9 Å². The quantitative estimate of drug-likeness (QED) is 0.0141. The molecule has 806 valence electrons. The molecule has 17 unspecified atom stereocenters. The number of benzene rings is 5. The standard InChI is InChI=1S/C26H43NO3.C25H42N2O3.C24H40N2O3.C23H39NO3.C22H37NO3/c1-6-20(3)22-12-11-13-23(16-22)21(7-2)17-26(4,5)25(29)30-19-24(28)18-27-14-9-8-10-15-27;1-6-19(3)21-9-8-10-22(15-21)20(7-2)16-25(4,5)24(29)30-18-23(28)17-27-13-11-26-12-14-27;1-5-18(3)21-8-7-9-22(15-21)20(6-2)14-19(4)24(28)29-17-23(27)16-26-12-10-25-11-13-26;1-8-17(3)19-11-10-12-20(13-19)18(9-2)14-23(4,5)22(26)27-16-21(25)15-24(6)7;1-7-16(3)19-10-9-11-20(13-19)18(8-2)12-17(4)22(25)26-15-21(24)14-23(5)6/h11-13,16,20-21,24,28H,6-10,14-15,17-19H2,1-5H3;8-10,15,19-20,23,26,28H,6-7,11-14,16-18H2,1-5H3;7-9,15,18-20,23,25,27H,5-6,10-14,16-17H2,1-4H3;10-13,17-18,21,25H,8-9,14-16H2,1-7H3;9-11,13,16-18,21,24H,7-8,12,14-15H2,1-6H3. The fraction of sp³-hybridized carbons (Fsp3) is 0.708. The van der Waals surface area contributed by atoms with Gasteiger partial charge in [-0.25, -0.2) is 0 Å². The first-order chi connectivity index (χ1) is 67.3. The molecule has 0 bridgehead atoms. The van der Waals surface area contributed by atoms with Crippen molar-refractivity contribution in [2.45, 2.75) is 365 Å². The molecule has 0 aromatic heterocycles. The number of carbonyl (C=O) groups excluding carboxylic acids is 5. The molecule has 142 heavy (non-hydrogen) atoms. The van der Waals surface area contributed by atoms with Crippen LogP contribution in [0, 0.1) is 28.1 Å². The normalized spacial score (nSPS) is 17.7. The lowest BCUT2D eigenvalue weighted by Gasteiger charge is -2.30. The van der Waals surface area contributed by atoms with Gasteiger partial charge in [0.2, 0.25) is 0 Å². The minimum atomic E-state index is -0.658. The number of hydrogen-bond acceptors (Lipinski definition) is 22. The summed E-state index contributed by atoms with van der Waals surface area (Å²) in [6, 6.07) is 44.0. The lowest BCUT2D eigenvalue weighted by Crippen LogP contribution is -2.47. The number of aliphatic hydroxyl groups is 5. The van der Waals surface area contributed by atoms with Crippen molar-refractivity contribution in [1.29, 1.82) is 0 Å². The van der Waals surface area contributed by atoms with Gasteiger partial charge in [0, 0.05) is 85.1 Å². The van der Waals surface area contributed by atoms with E-state index in [-0.39, 0.29) is 74.7 Å². The second kappa shape index (κ2) is 67.8. The van der Waals surface area contributed by atoms with E-state index in [2.05, 4.69) is 251 Å². The second-order valence-electron chi connectivity index (χ2n) is 44.3. The summed E-state index contributed by atoms with van der Waals surface area (Å²) >= 11 is 0. The van der Waals surface area contributed by atoms with Gasteiger partial charge >= 0.3 is 29.8 Å². The van der Waals surface area contributed by atoms with Crippen LogP contribution in [0.3, 0.4) is 0 Å². The lowest BCUT2D eigenvalue weighted by molar-refractivity contribution is -0.158. The molecule has 0 radical (unpaired) electrons. The molecule has 8 rings (SSSR count). The summed E-state index contributed by atoms with van der Waals surface area (Å²) in [5.74, 6) is 2.86. The highest BCUT2D eigenvalue weighted by Gasteiger charge is 2.38. The van der Waals surface area contributed by atoms with Gasteiger partial charge in [0.25, 0.3) is 0 Å². The van der Waals surface area contributed by atoms with Crippen LogP contribution in [0.25, 0.3) is 0 Å². The maximum atomic E-state index is 12.8. The third-order valence-electron chi connectivity index (χ3n) is 29.8. The Hall–Kier alpha value is -7.03. The number of rotatable bonds is 55. The number of piperazine rings is 2. The van der Waals surface area contributed by atoms with Crippen LogP contribution in [0.2, 0.25) is 0 Å². The first kappa shape index (κ1) is 127. The fourth-order valence-corrected chi connectivity index (χ4v) is 19.2. The highest BCUT2D eigenvalue weighted by atomic mass is 16.6. The number of piperidine rings is 1. The van der Waals surface area contributed by atoms with Gasteiger partial charge in [0.1, 0.15) is 63.6 Å². The Balaban J connectivity index is 0.000000371. The van der Waals surface area contributed by atoms with Crippen molar-refractivity contribution in [1.82, 2.24) is 35.1 Å². The summed E-state index contributed by atoms with van der Waals surface area (Å²) in [7, 11) is 7.53. The SMILES string of the molecule is CCC(C)c1cccc(C(CC)CC(C)(C)C(=O)OCC(O)CN(C)C)c1.CCC(C)c1cccc(C(CC)CC(C)(C)C(=O)OCC(O)CN2CCCCC2)c1.CCC(C)c1cccc(C(CC)CC(C)(C)C(=O)OCC(O)CN2CCNCC2)c1.CCC(C)c1cccc(C(CC)CC(C)C(=O)OCC(O)CN(C)C)c1.CCC(C)c1cccc(C(CC)CC(C)C(=O)OCC(O)CN2CCNCC2)c1. The molecule has 3 saturated heterocycles. The summed E-state index contributed by atoms with van der Waals surface area (Å²) in [5, 5.41) is 57.2. The first-order valence-corrected chi connectivity index (χ1v) is 55.0. The van der Waals surface area contributed by atoms with Crippen LogP contribution in [0.1, 0.15) is 390 Å². The van der Waals surface area contributed by atoms with E-state index < -0.39 is 46.8 Å². The van der Waals surface area contributed by atoms with Crippen LogP contribution in [0.5, 0.6) is 0 Å². The summed E-state index contributed by atoms with van der Waals surface area (Å²) in [6.07, 6.45) is 14.8. The Kier molecular flexibility index (Phi) is 60.7. The molecular weight excluding hydrogens is 1780 g/mol. The van der Waals surface area contributed by atoms with Crippen molar-refractivity contribution in [3.05, 3.63) is 177 Å². The number of likely N-dealkylation sites (N-methyl/N-ethyl adjacent to an activating group) is 2. The van der Waals surface area contributed by atoms with E-state index in [1.807, 2.05) is 93.4 Å². The fourth-order valence-electron chi connectivity index (χ4n) is 19.2. The third kappa shape index (κ3) is 47.4. The van der Waals surface area contributed by atoms with Crippen LogP contribution in [0.4, 0.5) is 0 Å². The van der Waals surface area contributed by atoms with E-state index in [9.17, 15) is 49.5 Å². The highest BCUT2D eigenvalue weighted by Crippen LogP contribution is 2.41. The zero-order chi connectivity index (χ0) is 106. The average molecular weight is 1980 g/mol. The maximum absolute atomic E-state index is 12.8. The van der Waals surface area contributed by atoms with Gasteiger partial charge in [-0.1, -0.05) is 245 Å². The van der Waals surface area contributed by atoms with Gasteiger partial charge in [-0.05, 0) is 307 Å². The zero-order valence-corrected chi connectivity index (χ0v) is 93.8. The van der Waals surface area contributed by atoms with Gasteiger partial charge in [-0.2, -0.15) is 0 Å². The molecule has 22 nitrogen and oxygen atoms in total. The van der Waals surface area contributed by atoms with Crippen molar-refractivity contribution >= 4 is 29.8 Å². The Morgan fingerprint density at radius 3 is 0.768 bits per heavy atom. The largest absolute Gasteiger partial charge is 0.463 e. The van der Waals surface area contributed by atoms with Crippen molar-refractivity contribution in [2.75, 3.05) is 159 Å². The Bertz CT molecular complexity index is 4180. The molecular formula is C120H201N7O15. The van der Waals surface area contributed by atoms with Crippen molar-refractivity contribution < 1.29 is 73.2 Å². The van der Waals surface area contributed by atoms with E-state index in [1.165, 1.54) is 74.9 Å². The van der Waals surface area contributed by atoms with E-state index in [1.54, 1.807) is 0 Å². The van der Waals surface area contributed by atoms with Crippen molar-refractivity contribution in [3.63, 3.8) is 0 Å². The summed E-state index contributed by atoms with van der Waals surface area (Å²) in [5.41, 5.74) is 11.6. The molecule has 0 amide bonds. The van der Waals surface area contributed by atoms with Crippen LogP contribution in [0.15, 0.2) is 121 Å². The molecule has 5 aromatic carbocycles. The van der Waals surface area contributed by atoms with E-state index in [4.69, 9.17) is 23.7 Å². The van der Waals surface area contributed by atoms with Crippen LogP contribution in [-0.4, -0.2) is 270 Å². The van der Waals surface area contributed by atoms with E-state index >= 15 is 0 Å². The number of β-amino-alcohol motifs (C(OH)–C–C–N with tert-alkyl or cyclic N) is 3. The molecule has 3 aliphatic rings. The number of aliphatic hydroxyl groups excluding tert-OH is 5. The van der Waals surface area contributed by atoms with Crippen LogP contribution >= 0.6 is 0 Å². The molecule has 22 heteroatoms. The summed E-state index contributed by atoms with van der Waals surface area (Å²) < 4.78 is 27.3. The molecule has 0 aliphatic carbocycles. The predicted molar refractivity (Wildman–Crippen MR) is 585 cm³/mol. The van der Waals surface area contributed by atoms with Crippen molar-refractivity contribution in [3.8, 4) is 0 Å². The van der Waals surface area contributed by atoms with E-state index in [0.717, 1.165) is 162 Å². The van der Waals surface area contributed by atoms with Gasteiger partial charge < -0.3 is 74.6 Å². The molecule has 5 aromatic rings. The van der Waals surface area contributed by atoms with Gasteiger partial charge in [-0.15, -0.1) is 0 Å². The van der Waals surface area contributed by atoms with Gasteiger partial charge in [0.15, 0.2) is 0 Å². The third-order valence-corrected chi connectivity index (χ3v) is 29.8. The number of nitrogens with zero attached hydrogens (tertiary/aromatic N) is 5. The molecule has 0 spiro atoms. The molecule has 3 aliphatic heterocycles. The number of ether oxygens (including phenoxy) is 5. The lowest BCUT2D eigenvalue weighted by atomic mass is 9.78. The number of esters is 5. The smallest absolute Gasteiger partial charge is 0.311 e. The minimum Gasteiger partial charge on any atom is -0.463 e. The number of nitrogens with one attached hydrogen (secondary N) is 2. The summed E-state index contributed by atoms with van der Waals surface area (Å²) in [4.78, 5) is 73.4. The number of carbonyl (C=O) groups is 5. The Morgan fingerprint density at radius 1 is 0.310 bits per heavy atom. The highest BCUT2D eigenvalue weighted by molar-refractivity contribution is 5.77. The second-order valence-corrected chi connectivity index (χ2v) is 44.3. The topological polar surface area (TPSA) is 273 Å². The first-order valence-electron chi connectivity index (χ1n) is 55.0. The molecule has 17 atom stereocenters. The number of hydrogen-bond donors (Lipinski definition) is 7. The van der Waals surface area contributed by atoms with Crippen LogP contribution < -0.4 is 10.6 Å².